The monoisotopic (exact) mass is 330 g/mol. The van der Waals surface area contributed by atoms with E-state index in [2.05, 4.69) is 23.5 Å². The van der Waals surface area contributed by atoms with E-state index in [9.17, 15) is 4.79 Å². The fraction of sp³-hybridized carbons (Fsp3) is 0.650. The summed E-state index contributed by atoms with van der Waals surface area (Å²) >= 11 is 0. The summed E-state index contributed by atoms with van der Waals surface area (Å²) in [5, 5.41) is 3.68. The molecular formula is C20H30N2O2. The molecule has 0 saturated heterocycles. The predicted octanol–water partition coefficient (Wildman–Crippen LogP) is 4.41. The Hall–Kier alpha value is -1.55. The highest BCUT2D eigenvalue weighted by molar-refractivity contribution is 5.90. The van der Waals surface area contributed by atoms with Gasteiger partial charge in [-0.1, -0.05) is 31.0 Å². The van der Waals surface area contributed by atoms with Crippen LogP contribution in [0.5, 0.6) is 0 Å². The Kier molecular flexibility index (Phi) is 5.14. The number of hydrogen-bond acceptors (Lipinski definition) is 3. The maximum Gasteiger partial charge on any atom is 0.414 e. The lowest BCUT2D eigenvalue weighted by Gasteiger charge is -2.33. The SMILES string of the molecule is CC(C)(C)OC(=O)N1CCCc2cccc(CNC3CCCC3)c21. The number of carbonyl (C=O) groups is 1. The van der Waals surface area contributed by atoms with E-state index in [0.717, 1.165) is 31.6 Å². The summed E-state index contributed by atoms with van der Waals surface area (Å²) in [7, 11) is 0. The zero-order chi connectivity index (χ0) is 17.2. The zero-order valence-electron chi connectivity index (χ0n) is 15.2. The summed E-state index contributed by atoms with van der Waals surface area (Å²) in [5.41, 5.74) is 3.08. The topological polar surface area (TPSA) is 41.6 Å². The number of anilines is 1. The van der Waals surface area contributed by atoms with Crippen LogP contribution in [0.25, 0.3) is 0 Å². The molecule has 1 aliphatic carbocycles. The third-order valence-electron chi connectivity index (χ3n) is 4.85. The molecule has 1 fully saturated rings. The highest BCUT2D eigenvalue weighted by Crippen LogP contribution is 2.32. The van der Waals surface area contributed by atoms with E-state index in [1.807, 2.05) is 25.7 Å². The fourth-order valence-corrected chi connectivity index (χ4v) is 3.76. The number of nitrogens with one attached hydrogen (secondary N) is 1. The van der Waals surface area contributed by atoms with Gasteiger partial charge in [0.15, 0.2) is 0 Å². The van der Waals surface area contributed by atoms with Gasteiger partial charge in [0, 0.05) is 19.1 Å². The second-order valence-electron chi connectivity index (χ2n) is 8.02. The molecule has 1 amide bonds. The Morgan fingerprint density at radius 1 is 1.25 bits per heavy atom. The van der Waals surface area contributed by atoms with Crippen LogP contribution in [-0.4, -0.2) is 24.3 Å². The molecule has 1 aromatic rings. The fourth-order valence-electron chi connectivity index (χ4n) is 3.76. The molecule has 2 aliphatic rings. The quantitative estimate of drug-likeness (QED) is 0.893. The first kappa shape index (κ1) is 17.3. The van der Waals surface area contributed by atoms with E-state index in [4.69, 9.17) is 4.74 Å². The molecule has 1 aliphatic heterocycles. The minimum Gasteiger partial charge on any atom is -0.443 e. The molecule has 1 saturated carbocycles. The van der Waals surface area contributed by atoms with Crippen LogP contribution in [0.15, 0.2) is 18.2 Å². The van der Waals surface area contributed by atoms with Gasteiger partial charge in [-0.15, -0.1) is 0 Å². The molecule has 4 nitrogen and oxygen atoms in total. The third-order valence-corrected chi connectivity index (χ3v) is 4.85. The van der Waals surface area contributed by atoms with Crippen LogP contribution in [0.3, 0.4) is 0 Å². The van der Waals surface area contributed by atoms with Crippen molar-refractivity contribution in [2.45, 2.75) is 77.5 Å². The van der Waals surface area contributed by atoms with Crippen molar-refractivity contribution in [3.63, 3.8) is 0 Å². The first-order valence-corrected chi connectivity index (χ1v) is 9.29. The highest BCUT2D eigenvalue weighted by atomic mass is 16.6. The van der Waals surface area contributed by atoms with Gasteiger partial charge in [-0.05, 0) is 57.6 Å². The number of hydrogen-bond donors (Lipinski definition) is 1. The minimum absolute atomic E-state index is 0.225. The van der Waals surface area contributed by atoms with Crippen LogP contribution in [0, 0.1) is 0 Å². The van der Waals surface area contributed by atoms with Crippen LogP contribution in [0.1, 0.15) is 64.0 Å². The van der Waals surface area contributed by atoms with Gasteiger partial charge in [0.05, 0.1) is 5.69 Å². The average molecular weight is 330 g/mol. The van der Waals surface area contributed by atoms with E-state index in [1.165, 1.54) is 36.8 Å². The van der Waals surface area contributed by atoms with E-state index in [0.29, 0.717) is 6.04 Å². The van der Waals surface area contributed by atoms with Gasteiger partial charge in [-0.2, -0.15) is 0 Å². The molecule has 1 heterocycles. The van der Waals surface area contributed by atoms with Crippen molar-refractivity contribution in [1.82, 2.24) is 5.32 Å². The molecule has 0 atom stereocenters. The van der Waals surface area contributed by atoms with E-state index in [1.54, 1.807) is 0 Å². The van der Waals surface area contributed by atoms with Gasteiger partial charge in [0.25, 0.3) is 0 Å². The first-order valence-electron chi connectivity index (χ1n) is 9.29. The van der Waals surface area contributed by atoms with E-state index >= 15 is 0 Å². The summed E-state index contributed by atoms with van der Waals surface area (Å²) in [6.45, 7) is 7.32. The number of fused-ring (bicyclic) bond motifs is 1. The number of nitrogens with zero attached hydrogens (tertiary/aromatic N) is 1. The molecule has 24 heavy (non-hydrogen) atoms. The molecule has 132 valence electrons. The van der Waals surface area contributed by atoms with Crippen molar-refractivity contribution in [3.05, 3.63) is 29.3 Å². The number of ether oxygens (including phenoxy) is 1. The summed E-state index contributed by atoms with van der Waals surface area (Å²) in [5.74, 6) is 0. The van der Waals surface area contributed by atoms with Gasteiger partial charge in [0.1, 0.15) is 5.60 Å². The van der Waals surface area contributed by atoms with E-state index < -0.39 is 5.60 Å². The second kappa shape index (κ2) is 7.14. The van der Waals surface area contributed by atoms with Crippen LogP contribution in [0.2, 0.25) is 0 Å². The van der Waals surface area contributed by atoms with Crippen LogP contribution in [0.4, 0.5) is 10.5 Å². The highest BCUT2D eigenvalue weighted by Gasteiger charge is 2.29. The molecule has 4 heteroatoms. The molecular weight excluding hydrogens is 300 g/mol. The number of para-hydroxylation sites is 1. The number of rotatable bonds is 3. The van der Waals surface area contributed by atoms with Crippen molar-refractivity contribution in [3.8, 4) is 0 Å². The summed E-state index contributed by atoms with van der Waals surface area (Å²) < 4.78 is 5.63. The van der Waals surface area contributed by atoms with E-state index in [-0.39, 0.29) is 6.09 Å². The van der Waals surface area contributed by atoms with Crippen LogP contribution < -0.4 is 10.2 Å². The minimum atomic E-state index is -0.467. The summed E-state index contributed by atoms with van der Waals surface area (Å²) in [6, 6.07) is 7.02. The zero-order valence-corrected chi connectivity index (χ0v) is 15.2. The molecule has 1 N–H and O–H groups in total. The number of aryl methyl sites for hydroxylation is 1. The van der Waals surface area contributed by atoms with Gasteiger partial charge in [-0.25, -0.2) is 4.79 Å². The van der Waals surface area contributed by atoms with Crippen LogP contribution >= 0.6 is 0 Å². The Labute approximate surface area is 145 Å². The summed E-state index contributed by atoms with van der Waals surface area (Å²) in [4.78, 5) is 14.5. The molecule has 0 radical (unpaired) electrons. The van der Waals surface area contributed by atoms with Crippen molar-refractivity contribution in [2.75, 3.05) is 11.4 Å². The Morgan fingerprint density at radius 3 is 2.71 bits per heavy atom. The molecule has 0 unspecified atom stereocenters. The maximum atomic E-state index is 12.7. The third kappa shape index (κ3) is 4.10. The Balaban J connectivity index is 1.80. The maximum absolute atomic E-state index is 12.7. The Bertz CT molecular complexity index is 586. The lowest BCUT2D eigenvalue weighted by molar-refractivity contribution is 0.0577. The van der Waals surface area contributed by atoms with Gasteiger partial charge < -0.3 is 10.1 Å². The lowest BCUT2D eigenvalue weighted by atomic mass is 9.97. The first-order chi connectivity index (χ1) is 11.4. The smallest absolute Gasteiger partial charge is 0.414 e. The lowest BCUT2D eigenvalue weighted by Crippen LogP contribution is -2.40. The number of benzene rings is 1. The van der Waals surface area contributed by atoms with Crippen LogP contribution in [-0.2, 0) is 17.7 Å². The normalized spacial score (nSPS) is 18.5. The standard InChI is InChI=1S/C20H30N2O2/c1-20(2,3)24-19(23)22-13-7-10-15-8-6-9-16(18(15)22)14-21-17-11-4-5-12-17/h6,8-9,17,21H,4-5,7,10-14H2,1-3H3. The van der Waals surface area contributed by atoms with Gasteiger partial charge in [-0.3, -0.25) is 4.90 Å². The molecule has 1 aromatic carbocycles. The van der Waals surface area contributed by atoms with Crippen molar-refractivity contribution in [2.24, 2.45) is 0 Å². The number of amides is 1. The van der Waals surface area contributed by atoms with Gasteiger partial charge in [0.2, 0.25) is 0 Å². The summed E-state index contributed by atoms with van der Waals surface area (Å²) in [6.07, 6.45) is 6.99. The molecule has 0 bridgehead atoms. The van der Waals surface area contributed by atoms with Crippen molar-refractivity contribution >= 4 is 11.8 Å². The predicted molar refractivity (Wildman–Crippen MR) is 97.4 cm³/mol. The molecule has 0 aromatic heterocycles. The van der Waals surface area contributed by atoms with Crippen molar-refractivity contribution < 1.29 is 9.53 Å². The largest absolute Gasteiger partial charge is 0.443 e. The van der Waals surface area contributed by atoms with Crippen molar-refractivity contribution in [1.29, 1.82) is 0 Å². The number of carbonyl (C=O) groups excluding carboxylic acids is 1. The second-order valence-corrected chi connectivity index (χ2v) is 8.02. The van der Waals surface area contributed by atoms with Gasteiger partial charge >= 0.3 is 6.09 Å². The Morgan fingerprint density at radius 2 is 2.00 bits per heavy atom. The average Bonchev–Trinajstić information content (AvgIpc) is 3.04. The molecule has 0 spiro atoms. The molecule has 3 rings (SSSR count).